The van der Waals surface area contributed by atoms with E-state index < -0.39 is 53.1 Å². The van der Waals surface area contributed by atoms with Gasteiger partial charge in [-0.25, -0.2) is 16.8 Å². The molecule has 1 fully saturated rings. The van der Waals surface area contributed by atoms with E-state index in [0.29, 0.717) is 16.7 Å². The molecule has 2 unspecified atom stereocenters. The maximum absolute atomic E-state index is 12.7. The lowest BCUT2D eigenvalue weighted by Crippen LogP contribution is -2.55. The molecule has 0 spiro atoms. The Labute approximate surface area is 158 Å². The van der Waals surface area contributed by atoms with Crippen LogP contribution in [0.4, 0.5) is 0 Å². The summed E-state index contributed by atoms with van der Waals surface area (Å²) in [5.74, 6) is -3.68. The van der Waals surface area contributed by atoms with Gasteiger partial charge in [-0.2, -0.15) is 0 Å². The quantitative estimate of drug-likeness (QED) is 0.654. The van der Waals surface area contributed by atoms with Crippen LogP contribution in [-0.2, 0) is 38.7 Å². The highest BCUT2D eigenvalue weighted by molar-refractivity contribution is 8.10. The summed E-state index contributed by atoms with van der Waals surface area (Å²) < 4.78 is 60.1. The van der Waals surface area contributed by atoms with Crippen LogP contribution in [0.25, 0.3) is 0 Å². The predicted octanol–water partition coefficient (Wildman–Crippen LogP) is 0.579. The van der Waals surface area contributed by atoms with Crippen molar-refractivity contribution in [1.82, 2.24) is 0 Å². The van der Waals surface area contributed by atoms with E-state index in [4.69, 9.17) is 0 Å². The molecule has 0 amide bonds. The Balaban J connectivity index is 2.92. The van der Waals surface area contributed by atoms with Crippen molar-refractivity contribution in [3.05, 3.63) is 34.4 Å². The number of methoxy groups -OCH3 is 2. The number of benzene rings is 1. The fraction of sp³-hybridized carbons (Fsp3) is 0.529. The summed E-state index contributed by atoms with van der Waals surface area (Å²) in [4.78, 5) is 24.7. The second-order valence-corrected chi connectivity index (χ2v) is 11.3. The van der Waals surface area contributed by atoms with E-state index in [1.54, 1.807) is 26.0 Å². The molecule has 0 aliphatic carbocycles. The highest BCUT2D eigenvalue weighted by atomic mass is 32.3. The van der Waals surface area contributed by atoms with Crippen LogP contribution in [0.3, 0.4) is 0 Å². The molecule has 2 rings (SSSR count). The molecular formula is C17H22O8S2. The third-order valence-corrected chi connectivity index (χ3v) is 9.84. The van der Waals surface area contributed by atoms with Crippen molar-refractivity contribution in [3.63, 3.8) is 0 Å². The Kier molecular flexibility index (Phi) is 5.72. The molecule has 27 heavy (non-hydrogen) atoms. The molecule has 1 aromatic carbocycles. The summed E-state index contributed by atoms with van der Waals surface area (Å²) >= 11 is 0. The van der Waals surface area contributed by atoms with Crippen molar-refractivity contribution in [2.24, 2.45) is 0 Å². The first-order valence-electron chi connectivity index (χ1n) is 8.04. The van der Waals surface area contributed by atoms with E-state index in [1.165, 1.54) is 0 Å². The Bertz CT molecular complexity index is 917. The molecule has 1 aliphatic heterocycles. The summed E-state index contributed by atoms with van der Waals surface area (Å²) in [6, 6.07) is 3.47. The summed E-state index contributed by atoms with van der Waals surface area (Å²) in [5.41, 5.74) is 2.35. The van der Waals surface area contributed by atoms with Crippen LogP contribution < -0.4 is 0 Å². The molecule has 1 aliphatic rings. The van der Waals surface area contributed by atoms with Gasteiger partial charge in [-0.05, 0) is 37.5 Å². The average molecular weight is 418 g/mol. The second kappa shape index (κ2) is 7.23. The number of aryl methyl sites for hydroxylation is 3. The van der Waals surface area contributed by atoms with Crippen LogP contribution in [0, 0.1) is 20.8 Å². The van der Waals surface area contributed by atoms with Gasteiger partial charge in [-0.1, -0.05) is 17.7 Å². The SMILES string of the molecule is COC(=O)C1C(c2c(C)cc(C)cc2C)C(C(=O)OC)S(=O)(=O)CS1(=O)=O. The Morgan fingerprint density at radius 1 is 0.852 bits per heavy atom. The molecular weight excluding hydrogens is 396 g/mol. The summed E-state index contributed by atoms with van der Waals surface area (Å²) in [6.45, 7) is 5.17. The Morgan fingerprint density at radius 3 is 1.56 bits per heavy atom. The lowest BCUT2D eigenvalue weighted by atomic mass is 9.84. The molecule has 2 atom stereocenters. The largest absolute Gasteiger partial charge is 0.468 e. The maximum Gasteiger partial charge on any atom is 0.324 e. The highest BCUT2D eigenvalue weighted by Gasteiger charge is 2.59. The fourth-order valence-electron chi connectivity index (χ4n) is 3.82. The van der Waals surface area contributed by atoms with Gasteiger partial charge < -0.3 is 9.47 Å². The van der Waals surface area contributed by atoms with E-state index >= 15 is 0 Å². The van der Waals surface area contributed by atoms with Crippen LogP contribution in [0.1, 0.15) is 28.2 Å². The van der Waals surface area contributed by atoms with E-state index in [2.05, 4.69) is 9.47 Å². The van der Waals surface area contributed by atoms with E-state index in [-0.39, 0.29) is 0 Å². The van der Waals surface area contributed by atoms with Crippen molar-refractivity contribution in [1.29, 1.82) is 0 Å². The van der Waals surface area contributed by atoms with E-state index in [0.717, 1.165) is 19.8 Å². The normalized spacial score (nSPS) is 26.2. The van der Waals surface area contributed by atoms with Gasteiger partial charge >= 0.3 is 11.9 Å². The van der Waals surface area contributed by atoms with Gasteiger partial charge in [0.2, 0.25) is 0 Å². The third-order valence-electron chi connectivity index (χ3n) is 4.69. The molecule has 0 radical (unpaired) electrons. The maximum atomic E-state index is 12.7. The van der Waals surface area contributed by atoms with Crippen LogP contribution >= 0.6 is 0 Å². The first kappa shape index (κ1) is 21.4. The molecule has 0 N–H and O–H groups in total. The predicted molar refractivity (Wildman–Crippen MR) is 97.7 cm³/mol. The Morgan fingerprint density at radius 2 is 1.22 bits per heavy atom. The van der Waals surface area contributed by atoms with E-state index in [9.17, 15) is 26.4 Å². The topological polar surface area (TPSA) is 121 Å². The molecule has 1 saturated heterocycles. The van der Waals surface area contributed by atoms with Crippen molar-refractivity contribution >= 4 is 31.6 Å². The van der Waals surface area contributed by atoms with Gasteiger partial charge in [-0.3, -0.25) is 9.59 Å². The Hall–Kier alpha value is -1.94. The zero-order chi connectivity index (χ0) is 20.7. The number of carbonyl (C=O) groups is 2. The number of rotatable bonds is 3. The molecule has 10 heteroatoms. The number of hydrogen-bond donors (Lipinski definition) is 0. The molecule has 0 aromatic heterocycles. The van der Waals surface area contributed by atoms with Crippen molar-refractivity contribution < 1.29 is 35.9 Å². The smallest absolute Gasteiger partial charge is 0.324 e. The van der Waals surface area contributed by atoms with Gasteiger partial charge in [0.25, 0.3) is 0 Å². The third kappa shape index (κ3) is 3.73. The number of carbonyl (C=O) groups excluding carboxylic acids is 2. The van der Waals surface area contributed by atoms with Gasteiger partial charge in [0, 0.05) is 5.92 Å². The zero-order valence-corrected chi connectivity index (χ0v) is 17.3. The molecule has 1 aromatic rings. The molecule has 150 valence electrons. The fourth-order valence-corrected chi connectivity index (χ4v) is 9.18. The molecule has 0 saturated carbocycles. The van der Waals surface area contributed by atoms with Crippen LogP contribution in [-0.4, -0.2) is 58.6 Å². The highest BCUT2D eigenvalue weighted by Crippen LogP contribution is 2.41. The van der Waals surface area contributed by atoms with Crippen LogP contribution in [0.15, 0.2) is 12.1 Å². The summed E-state index contributed by atoms with van der Waals surface area (Å²) in [5, 5.41) is -4.97. The number of esters is 2. The molecule has 0 bridgehead atoms. The lowest BCUT2D eigenvalue weighted by Gasteiger charge is -2.36. The van der Waals surface area contributed by atoms with Crippen molar-refractivity contribution in [2.75, 3.05) is 19.3 Å². The second-order valence-electron chi connectivity index (χ2n) is 6.67. The first-order chi connectivity index (χ1) is 12.4. The minimum absolute atomic E-state index is 0.318. The lowest BCUT2D eigenvalue weighted by molar-refractivity contribution is -0.142. The molecule has 1 heterocycles. The van der Waals surface area contributed by atoms with Crippen molar-refractivity contribution in [2.45, 2.75) is 37.2 Å². The number of ether oxygens (including phenoxy) is 2. The number of hydrogen-bond acceptors (Lipinski definition) is 8. The van der Waals surface area contributed by atoms with Gasteiger partial charge in [0.05, 0.1) is 14.2 Å². The minimum Gasteiger partial charge on any atom is -0.468 e. The number of sulfone groups is 2. The van der Waals surface area contributed by atoms with Gasteiger partial charge in [-0.15, -0.1) is 0 Å². The summed E-state index contributed by atoms with van der Waals surface area (Å²) in [7, 11) is -6.83. The van der Waals surface area contributed by atoms with E-state index in [1.807, 2.05) is 6.92 Å². The standard InChI is InChI=1S/C17H22O8S2/c1-9-6-10(2)12(11(3)7-9)13-14(16(18)24-4)26(20,21)8-27(22,23)15(13)17(19)25-5/h6-7,13-15H,8H2,1-5H3. The van der Waals surface area contributed by atoms with Crippen LogP contribution in [0.2, 0.25) is 0 Å². The minimum atomic E-state index is -4.43. The molecule has 8 nitrogen and oxygen atoms in total. The van der Waals surface area contributed by atoms with Crippen LogP contribution in [0.5, 0.6) is 0 Å². The first-order valence-corrected chi connectivity index (χ1v) is 11.5. The monoisotopic (exact) mass is 418 g/mol. The van der Waals surface area contributed by atoms with Gasteiger partial charge in [0.1, 0.15) is 0 Å². The average Bonchev–Trinajstić information content (AvgIpc) is 2.50. The summed E-state index contributed by atoms with van der Waals surface area (Å²) in [6.07, 6.45) is 0. The zero-order valence-electron chi connectivity index (χ0n) is 15.7. The van der Waals surface area contributed by atoms with Gasteiger partial charge in [0.15, 0.2) is 35.3 Å². The van der Waals surface area contributed by atoms with Crippen molar-refractivity contribution in [3.8, 4) is 0 Å².